The molecule has 1 aromatic carbocycles. The predicted octanol–water partition coefficient (Wildman–Crippen LogP) is 4.52. The lowest BCUT2D eigenvalue weighted by atomic mass is 10.1. The van der Waals surface area contributed by atoms with E-state index in [4.69, 9.17) is 16.6 Å². The summed E-state index contributed by atoms with van der Waals surface area (Å²) in [6.07, 6.45) is 3.29. The van der Waals surface area contributed by atoms with Crippen LogP contribution in [0.25, 0.3) is 16.9 Å². The lowest BCUT2D eigenvalue weighted by Gasteiger charge is -2.20. The molecule has 3 heterocycles. The number of halogens is 2. The Hall–Kier alpha value is -1.40. The van der Waals surface area contributed by atoms with Crippen molar-refractivity contribution in [3.8, 4) is 11.3 Å². The van der Waals surface area contributed by atoms with Crippen LogP contribution in [0.3, 0.4) is 0 Å². The maximum Gasteiger partial charge on any atom is 0.137 e. The van der Waals surface area contributed by atoms with Crippen LogP contribution >= 0.6 is 27.5 Å². The second-order valence-electron chi connectivity index (χ2n) is 6.83. The van der Waals surface area contributed by atoms with E-state index >= 15 is 0 Å². The summed E-state index contributed by atoms with van der Waals surface area (Å²) < 4.78 is 3.27. The van der Waals surface area contributed by atoms with E-state index in [9.17, 15) is 0 Å². The van der Waals surface area contributed by atoms with Crippen molar-refractivity contribution in [2.45, 2.75) is 19.9 Å². The summed E-state index contributed by atoms with van der Waals surface area (Å²) >= 11 is 9.84. The maximum atomic E-state index is 6.23. The van der Waals surface area contributed by atoms with Crippen LogP contribution in [-0.2, 0) is 6.54 Å². The van der Waals surface area contributed by atoms with Crippen molar-refractivity contribution in [3.63, 3.8) is 0 Å². The molecule has 1 N–H and O–H groups in total. The number of fused-ring (bicyclic) bond motifs is 1. The average molecular weight is 434 g/mol. The van der Waals surface area contributed by atoms with Gasteiger partial charge in [-0.15, -0.1) is 0 Å². The van der Waals surface area contributed by atoms with E-state index in [2.05, 4.69) is 54.9 Å². The number of hydrogen-bond donors (Lipinski definition) is 1. The van der Waals surface area contributed by atoms with Gasteiger partial charge >= 0.3 is 0 Å². The fourth-order valence-corrected chi connectivity index (χ4v) is 3.97. The van der Waals surface area contributed by atoms with Crippen LogP contribution in [0.4, 0.5) is 0 Å². The van der Waals surface area contributed by atoms with Gasteiger partial charge in [0.25, 0.3) is 0 Å². The van der Waals surface area contributed by atoms with Crippen molar-refractivity contribution in [1.82, 2.24) is 19.6 Å². The minimum Gasteiger partial charge on any atom is -0.315 e. The Morgan fingerprint density at radius 3 is 2.92 bits per heavy atom. The van der Waals surface area contributed by atoms with E-state index in [1.165, 1.54) is 12.1 Å². The molecule has 0 radical (unpaired) electrons. The summed E-state index contributed by atoms with van der Waals surface area (Å²) in [5.74, 6) is 0. The molecule has 136 valence electrons. The number of imidazole rings is 1. The molecule has 1 aliphatic heterocycles. The quantitative estimate of drug-likeness (QED) is 0.659. The first-order valence-electron chi connectivity index (χ1n) is 8.98. The lowest BCUT2D eigenvalue weighted by Crippen LogP contribution is -2.28. The Labute approximate surface area is 167 Å². The maximum absolute atomic E-state index is 6.23. The third-order valence-corrected chi connectivity index (χ3v) is 5.81. The van der Waals surface area contributed by atoms with E-state index in [0.29, 0.717) is 0 Å². The first kappa shape index (κ1) is 18.0. The summed E-state index contributed by atoms with van der Waals surface area (Å²) in [6, 6.07) is 10.3. The van der Waals surface area contributed by atoms with Crippen LogP contribution in [0.2, 0.25) is 5.02 Å². The Morgan fingerprint density at radius 1 is 1.19 bits per heavy atom. The molecule has 0 saturated carbocycles. The summed E-state index contributed by atoms with van der Waals surface area (Å²) in [5.41, 5.74) is 5.44. The number of nitrogens with zero attached hydrogens (tertiary/aromatic N) is 3. The fraction of sp³-hybridized carbons (Fsp3) is 0.350. The number of aryl methyl sites for hydroxylation is 1. The molecular formula is C20H22BrClN4. The number of pyridine rings is 1. The Morgan fingerprint density at radius 2 is 2.08 bits per heavy atom. The van der Waals surface area contributed by atoms with Crippen LogP contribution in [0.5, 0.6) is 0 Å². The van der Waals surface area contributed by atoms with Gasteiger partial charge in [0.15, 0.2) is 0 Å². The average Bonchev–Trinajstić information content (AvgIpc) is 2.80. The molecule has 0 atom stereocenters. The first-order chi connectivity index (χ1) is 12.6. The molecule has 0 spiro atoms. The standard InChI is InChI=1S/C20H22BrClN4/c1-14-11-15(3-5-17(14)22)20-18(13-25-9-2-7-23-8-10-25)26-12-16(21)4-6-19(26)24-20/h3-6,11-12,23H,2,7-10,13H2,1H3. The van der Waals surface area contributed by atoms with Crippen molar-refractivity contribution in [2.24, 2.45) is 0 Å². The van der Waals surface area contributed by atoms with E-state index in [-0.39, 0.29) is 0 Å². The SMILES string of the molecule is Cc1cc(-c2nc3ccc(Br)cn3c2CN2CCCNCC2)ccc1Cl. The topological polar surface area (TPSA) is 32.6 Å². The van der Waals surface area contributed by atoms with Gasteiger partial charge in [-0.1, -0.05) is 17.7 Å². The molecule has 0 bridgehead atoms. The van der Waals surface area contributed by atoms with Crippen molar-refractivity contribution >= 4 is 33.2 Å². The highest BCUT2D eigenvalue weighted by atomic mass is 79.9. The first-order valence-corrected chi connectivity index (χ1v) is 10.1. The number of nitrogens with one attached hydrogen (secondary N) is 1. The molecule has 0 aliphatic carbocycles. The summed E-state index contributed by atoms with van der Waals surface area (Å²) in [7, 11) is 0. The molecule has 26 heavy (non-hydrogen) atoms. The largest absolute Gasteiger partial charge is 0.315 e. The zero-order chi connectivity index (χ0) is 18.1. The number of hydrogen-bond acceptors (Lipinski definition) is 3. The monoisotopic (exact) mass is 432 g/mol. The molecule has 3 aromatic rings. The van der Waals surface area contributed by atoms with Gasteiger partial charge in [-0.05, 0) is 72.2 Å². The third-order valence-electron chi connectivity index (χ3n) is 4.92. The third kappa shape index (κ3) is 3.67. The van der Waals surface area contributed by atoms with Gasteiger partial charge in [0.1, 0.15) is 5.65 Å². The highest BCUT2D eigenvalue weighted by molar-refractivity contribution is 9.10. The van der Waals surface area contributed by atoms with E-state index < -0.39 is 0 Å². The molecule has 4 rings (SSSR count). The second-order valence-corrected chi connectivity index (χ2v) is 8.15. The van der Waals surface area contributed by atoms with Crippen LogP contribution in [0.1, 0.15) is 17.7 Å². The number of benzene rings is 1. The highest BCUT2D eigenvalue weighted by Crippen LogP contribution is 2.29. The summed E-state index contributed by atoms with van der Waals surface area (Å²) in [4.78, 5) is 7.45. The molecule has 1 saturated heterocycles. The van der Waals surface area contributed by atoms with Crippen molar-refractivity contribution in [1.29, 1.82) is 0 Å². The molecule has 0 unspecified atom stereocenters. The van der Waals surface area contributed by atoms with Crippen LogP contribution < -0.4 is 5.32 Å². The van der Waals surface area contributed by atoms with E-state index in [1.807, 2.05) is 19.1 Å². The smallest absolute Gasteiger partial charge is 0.137 e. The molecule has 4 nitrogen and oxygen atoms in total. The minimum atomic E-state index is 0.792. The Kier molecular flexibility index (Phi) is 5.32. The number of rotatable bonds is 3. The normalized spacial score (nSPS) is 16.1. The van der Waals surface area contributed by atoms with Crippen molar-refractivity contribution in [3.05, 3.63) is 57.3 Å². The van der Waals surface area contributed by atoms with Crippen molar-refractivity contribution in [2.75, 3.05) is 26.2 Å². The zero-order valence-corrected chi connectivity index (χ0v) is 17.1. The minimum absolute atomic E-state index is 0.792. The van der Waals surface area contributed by atoms with Crippen LogP contribution in [-0.4, -0.2) is 40.5 Å². The molecule has 2 aromatic heterocycles. The van der Waals surface area contributed by atoms with Gasteiger partial charge < -0.3 is 9.72 Å². The van der Waals surface area contributed by atoms with Gasteiger partial charge in [0.2, 0.25) is 0 Å². The summed E-state index contributed by atoms with van der Waals surface area (Å²) in [6.45, 7) is 7.22. The van der Waals surface area contributed by atoms with Crippen LogP contribution in [0.15, 0.2) is 41.0 Å². The molecule has 6 heteroatoms. The van der Waals surface area contributed by atoms with Crippen molar-refractivity contribution < 1.29 is 0 Å². The fourth-order valence-electron chi connectivity index (χ4n) is 3.51. The predicted molar refractivity (Wildman–Crippen MR) is 111 cm³/mol. The van der Waals surface area contributed by atoms with Gasteiger partial charge in [-0.3, -0.25) is 4.90 Å². The molecule has 0 amide bonds. The molecule has 1 fully saturated rings. The lowest BCUT2D eigenvalue weighted by molar-refractivity contribution is 0.281. The van der Waals surface area contributed by atoms with Gasteiger partial charge in [0, 0.05) is 40.9 Å². The second kappa shape index (κ2) is 7.69. The van der Waals surface area contributed by atoms with Crippen LogP contribution in [0, 0.1) is 6.92 Å². The van der Waals surface area contributed by atoms with E-state index in [0.717, 1.165) is 64.7 Å². The van der Waals surface area contributed by atoms with Gasteiger partial charge in [0.05, 0.1) is 11.4 Å². The zero-order valence-electron chi connectivity index (χ0n) is 14.8. The highest BCUT2D eigenvalue weighted by Gasteiger charge is 2.18. The molecular weight excluding hydrogens is 412 g/mol. The summed E-state index contributed by atoms with van der Waals surface area (Å²) in [5, 5.41) is 4.27. The van der Waals surface area contributed by atoms with Gasteiger partial charge in [-0.25, -0.2) is 4.98 Å². The van der Waals surface area contributed by atoms with E-state index in [1.54, 1.807) is 0 Å². The van der Waals surface area contributed by atoms with Gasteiger partial charge in [-0.2, -0.15) is 0 Å². The number of aromatic nitrogens is 2. The Bertz CT molecular complexity index is 929. The molecule has 1 aliphatic rings. The Balaban J connectivity index is 1.81.